The van der Waals surface area contributed by atoms with E-state index in [1.54, 1.807) is 6.07 Å². The maximum absolute atomic E-state index is 6.14. The van der Waals surface area contributed by atoms with Crippen molar-refractivity contribution in [3.63, 3.8) is 0 Å². The lowest BCUT2D eigenvalue weighted by Gasteiger charge is -2.15. The molecule has 0 amide bonds. The molecule has 1 aromatic heterocycles. The summed E-state index contributed by atoms with van der Waals surface area (Å²) in [6.45, 7) is 2.11. The van der Waals surface area contributed by atoms with E-state index < -0.39 is 0 Å². The van der Waals surface area contributed by atoms with Gasteiger partial charge in [-0.1, -0.05) is 51.3 Å². The Kier molecular flexibility index (Phi) is 4.14. The molecule has 0 saturated heterocycles. The summed E-state index contributed by atoms with van der Waals surface area (Å²) in [5.41, 5.74) is 3.00. The van der Waals surface area contributed by atoms with Crippen LogP contribution in [0.5, 0.6) is 0 Å². The van der Waals surface area contributed by atoms with Crippen LogP contribution in [0.3, 0.4) is 0 Å². The Morgan fingerprint density at radius 3 is 2.43 bits per heavy atom. The molecule has 0 saturated carbocycles. The molecule has 3 rings (SSSR count). The van der Waals surface area contributed by atoms with E-state index in [0.29, 0.717) is 14.8 Å². The fourth-order valence-corrected chi connectivity index (χ4v) is 3.35. The van der Waals surface area contributed by atoms with Crippen LogP contribution in [-0.4, -0.2) is 9.55 Å². The van der Waals surface area contributed by atoms with Gasteiger partial charge in [0.1, 0.15) is 0 Å². The van der Waals surface area contributed by atoms with Gasteiger partial charge in [-0.15, -0.1) is 0 Å². The van der Waals surface area contributed by atoms with Crippen LogP contribution in [0.25, 0.3) is 11.0 Å². The zero-order chi connectivity index (χ0) is 15.1. The first-order valence-electron chi connectivity index (χ1n) is 6.32. The number of halogens is 3. The van der Waals surface area contributed by atoms with E-state index in [2.05, 4.69) is 44.5 Å². The maximum atomic E-state index is 6.14. The van der Waals surface area contributed by atoms with Gasteiger partial charge in [0, 0.05) is 4.47 Å². The van der Waals surface area contributed by atoms with Crippen molar-refractivity contribution in [3.8, 4) is 0 Å². The van der Waals surface area contributed by atoms with Gasteiger partial charge < -0.3 is 9.55 Å². The van der Waals surface area contributed by atoms with Crippen molar-refractivity contribution >= 4 is 62.4 Å². The van der Waals surface area contributed by atoms with Gasteiger partial charge in [0.05, 0.1) is 27.1 Å². The summed E-state index contributed by atoms with van der Waals surface area (Å²) in [6.07, 6.45) is 0. The molecule has 108 valence electrons. The van der Waals surface area contributed by atoms with E-state index in [9.17, 15) is 0 Å². The van der Waals surface area contributed by atoms with E-state index >= 15 is 0 Å². The minimum absolute atomic E-state index is 0.0941. The number of H-pyrrole nitrogens is 1. The first-order chi connectivity index (χ1) is 9.97. The largest absolute Gasteiger partial charge is 0.331 e. The van der Waals surface area contributed by atoms with E-state index in [4.69, 9.17) is 35.4 Å². The molecule has 0 radical (unpaired) electrons. The van der Waals surface area contributed by atoms with Crippen LogP contribution in [0.2, 0.25) is 10.0 Å². The Balaban J connectivity index is 2.19. The summed E-state index contributed by atoms with van der Waals surface area (Å²) in [7, 11) is 0. The highest BCUT2D eigenvalue weighted by Gasteiger charge is 2.14. The fraction of sp³-hybridized carbons (Fsp3) is 0.133. The second-order valence-corrected chi connectivity index (χ2v) is 6.93. The highest BCUT2D eigenvalue weighted by molar-refractivity contribution is 9.10. The molecule has 0 aliphatic rings. The molecule has 2 aromatic carbocycles. The van der Waals surface area contributed by atoms with Crippen LogP contribution >= 0.6 is 51.3 Å². The average molecular weight is 402 g/mol. The SMILES string of the molecule is CC(c1ccc(Br)cc1)n1c(=S)[nH]c2cc(Cl)c(Cl)cc21. The second kappa shape index (κ2) is 5.76. The normalized spacial score (nSPS) is 12.8. The van der Waals surface area contributed by atoms with Gasteiger partial charge in [0.2, 0.25) is 0 Å². The molecule has 0 aliphatic heterocycles. The molecular formula is C15H11BrCl2N2S. The molecule has 21 heavy (non-hydrogen) atoms. The predicted octanol–water partition coefficient (Wildman–Crippen LogP) is 6.38. The van der Waals surface area contributed by atoms with Crippen LogP contribution in [0.4, 0.5) is 0 Å². The number of aromatic amines is 1. The molecule has 0 fully saturated rings. The number of imidazole rings is 1. The first kappa shape index (κ1) is 15.1. The van der Waals surface area contributed by atoms with E-state index in [-0.39, 0.29) is 6.04 Å². The summed E-state index contributed by atoms with van der Waals surface area (Å²) in [6, 6.07) is 11.9. The molecule has 3 aromatic rings. The summed E-state index contributed by atoms with van der Waals surface area (Å²) < 4.78 is 3.75. The van der Waals surface area contributed by atoms with Gasteiger partial charge >= 0.3 is 0 Å². The van der Waals surface area contributed by atoms with Gasteiger partial charge in [-0.25, -0.2) is 0 Å². The zero-order valence-corrected chi connectivity index (χ0v) is 14.9. The van der Waals surface area contributed by atoms with E-state index in [1.807, 2.05) is 18.2 Å². The Labute approximate surface area is 145 Å². The average Bonchev–Trinajstić information content (AvgIpc) is 2.75. The topological polar surface area (TPSA) is 20.7 Å². The number of hydrogen-bond donors (Lipinski definition) is 1. The lowest BCUT2D eigenvalue weighted by molar-refractivity contribution is 0.649. The summed E-state index contributed by atoms with van der Waals surface area (Å²) in [5.74, 6) is 0. The Hall–Kier alpha value is -0.810. The lowest BCUT2D eigenvalue weighted by Crippen LogP contribution is -2.06. The first-order valence-corrected chi connectivity index (χ1v) is 8.28. The van der Waals surface area contributed by atoms with Gasteiger partial charge in [-0.3, -0.25) is 0 Å². The fourth-order valence-electron chi connectivity index (χ4n) is 2.40. The number of aromatic nitrogens is 2. The van der Waals surface area contributed by atoms with E-state index in [0.717, 1.165) is 15.5 Å². The third-order valence-corrected chi connectivity index (χ3v) is 5.05. The summed E-state index contributed by atoms with van der Waals surface area (Å²) in [5, 5.41) is 1.04. The minimum atomic E-state index is 0.0941. The quantitative estimate of drug-likeness (QED) is 0.494. The minimum Gasteiger partial charge on any atom is -0.331 e. The molecule has 1 N–H and O–H groups in total. The lowest BCUT2D eigenvalue weighted by atomic mass is 10.1. The van der Waals surface area contributed by atoms with Crippen molar-refractivity contribution in [2.24, 2.45) is 0 Å². The van der Waals surface area contributed by atoms with Crippen molar-refractivity contribution in [3.05, 3.63) is 61.3 Å². The van der Waals surface area contributed by atoms with Crippen LogP contribution in [-0.2, 0) is 0 Å². The molecule has 0 bridgehead atoms. The van der Waals surface area contributed by atoms with Crippen LogP contribution < -0.4 is 0 Å². The van der Waals surface area contributed by atoms with Crippen molar-refractivity contribution in [2.75, 3.05) is 0 Å². The molecule has 1 heterocycles. The van der Waals surface area contributed by atoms with Gasteiger partial charge in [0.25, 0.3) is 0 Å². The number of benzene rings is 2. The van der Waals surface area contributed by atoms with Crippen molar-refractivity contribution in [1.29, 1.82) is 0 Å². The summed E-state index contributed by atoms with van der Waals surface area (Å²) in [4.78, 5) is 3.18. The Morgan fingerprint density at radius 2 is 1.76 bits per heavy atom. The smallest absolute Gasteiger partial charge is 0.178 e. The number of nitrogens with one attached hydrogen (secondary N) is 1. The summed E-state index contributed by atoms with van der Waals surface area (Å²) >= 11 is 21.1. The second-order valence-electron chi connectivity index (χ2n) is 4.81. The Morgan fingerprint density at radius 1 is 1.14 bits per heavy atom. The van der Waals surface area contributed by atoms with Crippen molar-refractivity contribution in [1.82, 2.24) is 9.55 Å². The molecule has 6 heteroatoms. The van der Waals surface area contributed by atoms with Gasteiger partial charge in [-0.2, -0.15) is 0 Å². The molecule has 2 nitrogen and oxygen atoms in total. The number of hydrogen-bond acceptors (Lipinski definition) is 1. The highest BCUT2D eigenvalue weighted by atomic mass is 79.9. The predicted molar refractivity (Wildman–Crippen MR) is 95.1 cm³/mol. The van der Waals surface area contributed by atoms with Gasteiger partial charge in [-0.05, 0) is 49.0 Å². The number of fused-ring (bicyclic) bond motifs is 1. The number of nitrogens with zero attached hydrogens (tertiary/aromatic N) is 1. The number of rotatable bonds is 2. The molecular weight excluding hydrogens is 391 g/mol. The van der Waals surface area contributed by atoms with E-state index in [1.165, 1.54) is 5.56 Å². The third kappa shape index (κ3) is 2.78. The van der Waals surface area contributed by atoms with Crippen LogP contribution in [0.1, 0.15) is 18.5 Å². The molecule has 0 aliphatic carbocycles. The Bertz CT molecular complexity index is 868. The zero-order valence-electron chi connectivity index (χ0n) is 11.0. The molecule has 1 unspecified atom stereocenters. The van der Waals surface area contributed by atoms with Crippen molar-refractivity contribution in [2.45, 2.75) is 13.0 Å². The third-order valence-electron chi connectivity index (χ3n) is 3.50. The van der Waals surface area contributed by atoms with Gasteiger partial charge in [0.15, 0.2) is 4.77 Å². The van der Waals surface area contributed by atoms with Crippen LogP contribution in [0, 0.1) is 4.77 Å². The highest BCUT2D eigenvalue weighted by Crippen LogP contribution is 2.31. The monoisotopic (exact) mass is 400 g/mol. The van der Waals surface area contributed by atoms with Crippen molar-refractivity contribution < 1.29 is 0 Å². The standard InChI is InChI=1S/C15H11BrCl2N2S/c1-8(9-2-4-10(16)5-3-9)20-14-7-12(18)11(17)6-13(14)19-15(20)21/h2-8H,1H3,(H,19,21). The van der Waals surface area contributed by atoms with Crippen LogP contribution in [0.15, 0.2) is 40.9 Å². The molecule has 0 spiro atoms. The molecule has 1 atom stereocenters. The maximum Gasteiger partial charge on any atom is 0.178 e.